The lowest BCUT2D eigenvalue weighted by Crippen LogP contribution is -2.44. The number of carbonyl (C=O) groups is 1. The van der Waals surface area contributed by atoms with Gasteiger partial charge < -0.3 is 14.8 Å². The van der Waals surface area contributed by atoms with Gasteiger partial charge in [0.05, 0.1) is 24.6 Å². The summed E-state index contributed by atoms with van der Waals surface area (Å²) in [6, 6.07) is 16.8. The molecule has 0 fully saturated rings. The number of halogens is 2. The number of aromatic nitrogens is 2. The minimum atomic E-state index is 0. The van der Waals surface area contributed by atoms with Gasteiger partial charge in [-0.05, 0) is 35.7 Å². The molecule has 0 saturated heterocycles. The van der Waals surface area contributed by atoms with E-state index < -0.39 is 0 Å². The molecule has 29 heavy (non-hydrogen) atoms. The first-order valence-corrected chi connectivity index (χ1v) is 10.2. The standard InChI is InChI=1S/C22H23BrN4O.ClH/c1-16(28)27-12-18-10-19(23)7-8-22(18)26(13-20-11-24-15-25-20)14-21(27)9-17-5-3-2-4-6-17;/h2-8,10-11,15,21H,9,12-14H2,1H3,(H,24,25);1H. The Balaban J connectivity index is 0.00000240. The van der Waals surface area contributed by atoms with E-state index in [1.54, 1.807) is 13.3 Å². The molecule has 0 spiro atoms. The molecule has 152 valence electrons. The summed E-state index contributed by atoms with van der Waals surface area (Å²) in [6.45, 7) is 3.77. The summed E-state index contributed by atoms with van der Waals surface area (Å²) < 4.78 is 1.03. The van der Waals surface area contributed by atoms with E-state index in [4.69, 9.17) is 0 Å². The van der Waals surface area contributed by atoms with Crippen molar-refractivity contribution in [3.8, 4) is 0 Å². The van der Waals surface area contributed by atoms with Gasteiger partial charge in [-0.2, -0.15) is 0 Å². The van der Waals surface area contributed by atoms with Gasteiger partial charge in [-0.1, -0.05) is 46.3 Å². The van der Waals surface area contributed by atoms with Crippen LogP contribution in [-0.4, -0.2) is 33.4 Å². The molecule has 0 bridgehead atoms. The van der Waals surface area contributed by atoms with Gasteiger partial charge in [-0.25, -0.2) is 4.98 Å². The van der Waals surface area contributed by atoms with Crippen LogP contribution in [0, 0.1) is 0 Å². The van der Waals surface area contributed by atoms with E-state index >= 15 is 0 Å². The molecule has 1 aliphatic rings. The van der Waals surface area contributed by atoms with Gasteiger partial charge in [0.1, 0.15) is 0 Å². The van der Waals surface area contributed by atoms with Gasteiger partial charge in [0, 0.05) is 36.4 Å². The van der Waals surface area contributed by atoms with E-state index in [1.807, 2.05) is 17.2 Å². The Labute approximate surface area is 185 Å². The van der Waals surface area contributed by atoms with Crippen LogP contribution in [0.15, 0.2) is 65.5 Å². The number of hydrogen-bond donors (Lipinski definition) is 1. The molecule has 0 saturated carbocycles. The maximum Gasteiger partial charge on any atom is 0.220 e. The van der Waals surface area contributed by atoms with Crippen LogP contribution in [0.2, 0.25) is 0 Å². The number of imidazole rings is 1. The monoisotopic (exact) mass is 474 g/mol. The maximum absolute atomic E-state index is 12.6. The Morgan fingerprint density at radius 1 is 1.24 bits per heavy atom. The third-order valence-corrected chi connectivity index (χ3v) is 5.72. The third kappa shape index (κ3) is 5.00. The first kappa shape index (κ1) is 21.4. The van der Waals surface area contributed by atoms with Crippen molar-refractivity contribution in [2.24, 2.45) is 0 Å². The van der Waals surface area contributed by atoms with Gasteiger partial charge in [0.15, 0.2) is 0 Å². The van der Waals surface area contributed by atoms with Gasteiger partial charge in [0.25, 0.3) is 0 Å². The van der Waals surface area contributed by atoms with Crippen molar-refractivity contribution in [1.82, 2.24) is 14.9 Å². The van der Waals surface area contributed by atoms with Crippen molar-refractivity contribution in [3.05, 3.63) is 82.3 Å². The number of carbonyl (C=O) groups excluding carboxylic acids is 1. The van der Waals surface area contributed by atoms with Gasteiger partial charge in [-0.3, -0.25) is 4.79 Å². The fourth-order valence-electron chi connectivity index (χ4n) is 3.91. The second-order valence-corrected chi connectivity index (χ2v) is 8.14. The van der Waals surface area contributed by atoms with Crippen LogP contribution >= 0.6 is 28.3 Å². The number of amides is 1. The van der Waals surface area contributed by atoms with Gasteiger partial charge >= 0.3 is 0 Å². The maximum atomic E-state index is 12.6. The molecule has 7 heteroatoms. The highest BCUT2D eigenvalue weighted by atomic mass is 79.9. The summed E-state index contributed by atoms with van der Waals surface area (Å²) in [4.78, 5) is 24.3. The zero-order chi connectivity index (χ0) is 19.5. The van der Waals surface area contributed by atoms with Crippen LogP contribution < -0.4 is 4.90 Å². The SMILES string of the molecule is CC(=O)N1Cc2cc(Br)ccc2N(Cc2cnc[nH]2)CC1Cc1ccccc1.Cl. The smallest absolute Gasteiger partial charge is 0.220 e. The molecule has 0 aliphatic carbocycles. The predicted octanol–water partition coefficient (Wildman–Crippen LogP) is 4.57. The van der Waals surface area contributed by atoms with E-state index in [-0.39, 0.29) is 24.4 Å². The average Bonchev–Trinajstić information content (AvgIpc) is 3.14. The van der Waals surface area contributed by atoms with Crippen molar-refractivity contribution in [2.45, 2.75) is 32.5 Å². The molecule has 1 atom stereocenters. The summed E-state index contributed by atoms with van der Waals surface area (Å²) in [6.07, 6.45) is 4.40. The van der Waals surface area contributed by atoms with Gasteiger partial charge in [-0.15, -0.1) is 12.4 Å². The van der Waals surface area contributed by atoms with Crippen LogP contribution in [0.1, 0.15) is 23.7 Å². The number of nitrogens with zero attached hydrogens (tertiary/aromatic N) is 3. The normalized spacial score (nSPS) is 16.0. The molecular formula is C22H24BrClN4O. The Morgan fingerprint density at radius 3 is 2.72 bits per heavy atom. The van der Waals surface area contributed by atoms with Crippen molar-refractivity contribution >= 4 is 39.9 Å². The zero-order valence-corrected chi connectivity index (χ0v) is 18.6. The van der Waals surface area contributed by atoms with Crippen LogP contribution in [0.25, 0.3) is 0 Å². The number of anilines is 1. The molecule has 2 aromatic carbocycles. The molecule has 5 nitrogen and oxygen atoms in total. The lowest BCUT2D eigenvalue weighted by atomic mass is 10.0. The van der Waals surface area contributed by atoms with Crippen LogP contribution in [0.4, 0.5) is 5.69 Å². The molecular weight excluding hydrogens is 452 g/mol. The van der Waals surface area contributed by atoms with Crippen molar-refractivity contribution in [1.29, 1.82) is 0 Å². The number of rotatable bonds is 4. The Morgan fingerprint density at radius 2 is 2.03 bits per heavy atom. The largest absolute Gasteiger partial charge is 0.363 e. The van der Waals surface area contributed by atoms with Crippen molar-refractivity contribution in [2.75, 3.05) is 11.4 Å². The fraction of sp³-hybridized carbons (Fsp3) is 0.273. The Hall–Kier alpha value is -2.31. The van der Waals surface area contributed by atoms with Crippen LogP contribution in [0.3, 0.4) is 0 Å². The Bertz CT molecular complexity index is 949. The minimum Gasteiger partial charge on any atom is -0.363 e. The molecule has 2 heterocycles. The predicted molar refractivity (Wildman–Crippen MR) is 121 cm³/mol. The highest BCUT2D eigenvalue weighted by Gasteiger charge is 2.30. The Kier molecular flexibility index (Phi) is 6.98. The average molecular weight is 476 g/mol. The quantitative estimate of drug-likeness (QED) is 0.601. The lowest BCUT2D eigenvalue weighted by molar-refractivity contribution is -0.131. The summed E-state index contributed by atoms with van der Waals surface area (Å²) in [5, 5.41) is 0. The molecule has 1 N–H and O–H groups in total. The highest BCUT2D eigenvalue weighted by Crippen LogP contribution is 2.32. The number of hydrogen-bond acceptors (Lipinski definition) is 3. The zero-order valence-electron chi connectivity index (χ0n) is 16.2. The fourth-order valence-corrected chi connectivity index (χ4v) is 4.32. The number of H-pyrrole nitrogens is 1. The van der Waals surface area contributed by atoms with Crippen molar-refractivity contribution < 1.29 is 4.79 Å². The second-order valence-electron chi connectivity index (χ2n) is 7.22. The number of nitrogens with one attached hydrogen (secondary N) is 1. The number of benzene rings is 2. The third-order valence-electron chi connectivity index (χ3n) is 5.23. The summed E-state index contributed by atoms with van der Waals surface area (Å²) >= 11 is 3.58. The van der Waals surface area contributed by atoms with E-state index in [9.17, 15) is 4.79 Å². The van der Waals surface area contributed by atoms with Crippen molar-refractivity contribution in [3.63, 3.8) is 0 Å². The second kappa shape index (κ2) is 9.46. The van der Waals surface area contributed by atoms with Gasteiger partial charge in [0.2, 0.25) is 5.91 Å². The number of fused-ring (bicyclic) bond motifs is 1. The first-order valence-electron chi connectivity index (χ1n) is 9.42. The molecule has 1 amide bonds. The lowest BCUT2D eigenvalue weighted by Gasteiger charge is -2.32. The molecule has 1 unspecified atom stereocenters. The van der Waals surface area contributed by atoms with E-state index in [2.05, 4.69) is 73.3 Å². The first-order chi connectivity index (χ1) is 13.6. The van der Waals surface area contributed by atoms with Crippen LogP contribution in [0.5, 0.6) is 0 Å². The summed E-state index contributed by atoms with van der Waals surface area (Å²) in [5.41, 5.74) is 4.62. The molecule has 1 aromatic heterocycles. The van der Waals surface area contributed by atoms with Crippen LogP contribution in [-0.2, 0) is 24.3 Å². The molecule has 4 rings (SSSR count). The van der Waals surface area contributed by atoms with E-state index in [0.29, 0.717) is 6.54 Å². The highest BCUT2D eigenvalue weighted by molar-refractivity contribution is 9.10. The number of aromatic amines is 1. The summed E-state index contributed by atoms with van der Waals surface area (Å²) in [7, 11) is 0. The summed E-state index contributed by atoms with van der Waals surface area (Å²) in [5.74, 6) is 0.107. The van der Waals surface area contributed by atoms with E-state index in [0.717, 1.165) is 35.2 Å². The molecule has 0 radical (unpaired) electrons. The molecule has 3 aromatic rings. The topological polar surface area (TPSA) is 52.2 Å². The molecule has 1 aliphatic heterocycles. The van der Waals surface area contributed by atoms with E-state index in [1.165, 1.54) is 11.3 Å². The minimum absolute atomic E-state index is 0.